The van der Waals surface area contributed by atoms with Crippen molar-refractivity contribution in [3.63, 3.8) is 0 Å². The van der Waals surface area contributed by atoms with Gasteiger partial charge in [-0.1, -0.05) is 0 Å². The average molecular weight is 294 g/mol. The molecule has 1 atom stereocenters. The molecule has 2 aliphatic heterocycles. The second-order valence-electron chi connectivity index (χ2n) is 5.64. The Balaban J connectivity index is 1.42. The summed E-state index contributed by atoms with van der Waals surface area (Å²) >= 11 is 1.76. The number of piperidine rings is 1. The lowest BCUT2D eigenvalue weighted by atomic mass is 9.91. The van der Waals surface area contributed by atoms with Gasteiger partial charge < -0.3 is 15.0 Å². The van der Waals surface area contributed by atoms with Crippen molar-refractivity contribution in [1.29, 1.82) is 0 Å². The van der Waals surface area contributed by atoms with Crippen LogP contribution in [-0.4, -0.2) is 43.3 Å². The largest absolute Gasteiger partial charge is 0.376 e. The first kappa shape index (κ1) is 13.9. The fourth-order valence-electron chi connectivity index (χ4n) is 3.04. The molecule has 3 heterocycles. The van der Waals surface area contributed by atoms with Crippen LogP contribution >= 0.6 is 11.3 Å². The highest BCUT2D eigenvalue weighted by atomic mass is 32.1. The van der Waals surface area contributed by atoms with Crippen LogP contribution in [0.3, 0.4) is 0 Å². The Morgan fingerprint density at radius 3 is 2.90 bits per heavy atom. The summed E-state index contributed by atoms with van der Waals surface area (Å²) in [6.07, 6.45) is 4.56. The van der Waals surface area contributed by atoms with Crippen LogP contribution < -0.4 is 5.32 Å². The van der Waals surface area contributed by atoms with E-state index < -0.39 is 0 Å². The van der Waals surface area contributed by atoms with Crippen molar-refractivity contribution in [3.8, 4) is 0 Å². The molecular weight excluding hydrogens is 272 g/mol. The molecule has 2 aliphatic rings. The minimum absolute atomic E-state index is 0.0734. The highest BCUT2D eigenvalue weighted by molar-refractivity contribution is 7.07. The Labute approximate surface area is 124 Å². The maximum Gasteiger partial charge on any atom is 0.317 e. The molecule has 0 radical (unpaired) electrons. The minimum Gasteiger partial charge on any atom is -0.376 e. The molecule has 2 amide bonds. The lowest BCUT2D eigenvalue weighted by molar-refractivity contribution is 0.108. The molecule has 1 aromatic rings. The Morgan fingerprint density at radius 1 is 1.40 bits per heavy atom. The van der Waals surface area contributed by atoms with Gasteiger partial charge in [-0.25, -0.2) is 4.79 Å². The number of urea groups is 1. The molecule has 110 valence electrons. The van der Waals surface area contributed by atoms with E-state index in [4.69, 9.17) is 4.74 Å². The van der Waals surface area contributed by atoms with Crippen molar-refractivity contribution in [3.05, 3.63) is 22.4 Å². The van der Waals surface area contributed by atoms with Crippen molar-refractivity contribution in [2.24, 2.45) is 0 Å². The number of hydrogen-bond donors (Lipinski definition) is 1. The monoisotopic (exact) mass is 294 g/mol. The normalized spacial score (nSPS) is 24.0. The van der Waals surface area contributed by atoms with Crippen molar-refractivity contribution < 1.29 is 9.53 Å². The Kier molecular flexibility index (Phi) is 4.58. The predicted molar refractivity (Wildman–Crippen MR) is 80.2 cm³/mol. The number of carbonyl (C=O) groups is 1. The van der Waals surface area contributed by atoms with Crippen LogP contribution in [0.2, 0.25) is 0 Å². The molecule has 0 saturated carbocycles. The second kappa shape index (κ2) is 6.59. The van der Waals surface area contributed by atoms with Crippen LogP contribution in [0.5, 0.6) is 0 Å². The Bertz CT molecular complexity index is 421. The lowest BCUT2D eigenvalue weighted by Crippen LogP contribution is -2.46. The number of rotatable bonds is 3. The van der Waals surface area contributed by atoms with Crippen molar-refractivity contribution in [2.45, 2.75) is 37.7 Å². The van der Waals surface area contributed by atoms with Crippen LogP contribution in [0.25, 0.3) is 0 Å². The van der Waals surface area contributed by atoms with Gasteiger partial charge in [0, 0.05) is 26.2 Å². The summed E-state index contributed by atoms with van der Waals surface area (Å²) in [6, 6.07) is 2.28. The zero-order chi connectivity index (χ0) is 13.8. The molecule has 2 fully saturated rings. The number of amides is 2. The standard InChI is InChI=1S/C15H22N2O2S/c18-15(16-10-14-2-1-8-19-14)17-6-3-12(4-7-17)13-5-9-20-11-13/h5,9,11-12,14H,1-4,6-8,10H2,(H,16,18)/t14-/m1/s1. The first-order valence-corrected chi connectivity index (χ1v) is 8.43. The number of likely N-dealkylation sites (tertiary alicyclic amines) is 1. The van der Waals surface area contributed by atoms with E-state index in [2.05, 4.69) is 22.1 Å². The second-order valence-corrected chi connectivity index (χ2v) is 6.42. The maximum atomic E-state index is 12.1. The van der Waals surface area contributed by atoms with Gasteiger partial charge in [0.1, 0.15) is 0 Å². The van der Waals surface area contributed by atoms with Crippen LogP contribution in [0.15, 0.2) is 16.8 Å². The molecule has 20 heavy (non-hydrogen) atoms. The summed E-state index contributed by atoms with van der Waals surface area (Å²) in [7, 11) is 0. The number of thiophene rings is 1. The molecule has 0 spiro atoms. The topological polar surface area (TPSA) is 41.6 Å². The molecule has 0 bridgehead atoms. The first-order chi connectivity index (χ1) is 9.83. The molecule has 5 heteroatoms. The quantitative estimate of drug-likeness (QED) is 0.931. The van der Waals surface area contributed by atoms with Crippen LogP contribution in [0.1, 0.15) is 37.2 Å². The predicted octanol–water partition coefficient (Wildman–Crippen LogP) is 2.82. The van der Waals surface area contributed by atoms with Crippen molar-refractivity contribution in [1.82, 2.24) is 10.2 Å². The van der Waals surface area contributed by atoms with Crippen LogP contribution in [-0.2, 0) is 4.74 Å². The number of nitrogens with one attached hydrogen (secondary N) is 1. The summed E-state index contributed by atoms with van der Waals surface area (Å²) in [5, 5.41) is 7.38. The van der Waals surface area contributed by atoms with Crippen molar-refractivity contribution >= 4 is 17.4 Å². The van der Waals surface area contributed by atoms with Gasteiger partial charge >= 0.3 is 6.03 Å². The summed E-state index contributed by atoms with van der Waals surface area (Å²) in [4.78, 5) is 14.1. The smallest absolute Gasteiger partial charge is 0.317 e. The molecular formula is C15H22N2O2S. The zero-order valence-electron chi connectivity index (χ0n) is 11.7. The highest BCUT2D eigenvalue weighted by Crippen LogP contribution is 2.29. The summed E-state index contributed by atoms with van der Waals surface area (Å²) in [5.41, 5.74) is 1.44. The van der Waals surface area contributed by atoms with Crippen molar-refractivity contribution in [2.75, 3.05) is 26.2 Å². The van der Waals surface area contributed by atoms with Crippen LogP contribution in [0.4, 0.5) is 4.79 Å². The van der Waals surface area contributed by atoms with E-state index >= 15 is 0 Å². The third kappa shape index (κ3) is 3.33. The Hall–Kier alpha value is -1.07. The van der Waals surface area contributed by atoms with E-state index in [-0.39, 0.29) is 12.1 Å². The number of ether oxygens (including phenoxy) is 1. The molecule has 2 saturated heterocycles. The SMILES string of the molecule is O=C(NC[C@H]1CCCO1)N1CCC(c2ccsc2)CC1. The highest BCUT2D eigenvalue weighted by Gasteiger charge is 2.24. The average Bonchev–Trinajstić information content (AvgIpc) is 3.18. The molecule has 1 aromatic heterocycles. The van der Waals surface area contributed by atoms with E-state index in [1.807, 2.05) is 4.90 Å². The van der Waals surface area contributed by atoms with Gasteiger partial charge in [-0.3, -0.25) is 0 Å². The number of nitrogens with zero attached hydrogens (tertiary/aromatic N) is 1. The molecule has 1 N–H and O–H groups in total. The van der Waals surface area contributed by atoms with Gasteiger partial charge in [0.2, 0.25) is 0 Å². The van der Waals surface area contributed by atoms with Crippen LogP contribution in [0, 0.1) is 0 Å². The fourth-order valence-corrected chi connectivity index (χ4v) is 3.78. The van der Waals surface area contributed by atoms with Gasteiger partial charge in [0.25, 0.3) is 0 Å². The van der Waals surface area contributed by atoms with E-state index in [9.17, 15) is 4.79 Å². The molecule has 0 unspecified atom stereocenters. The minimum atomic E-state index is 0.0734. The third-order valence-electron chi connectivity index (χ3n) is 4.30. The summed E-state index contributed by atoms with van der Waals surface area (Å²) < 4.78 is 5.52. The lowest BCUT2D eigenvalue weighted by Gasteiger charge is -2.32. The first-order valence-electron chi connectivity index (χ1n) is 7.49. The Morgan fingerprint density at radius 2 is 2.25 bits per heavy atom. The molecule has 0 aliphatic carbocycles. The van der Waals surface area contributed by atoms with Gasteiger partial charge in [0.15, 0.2) is 0 Å². The third-order valence-corrected chi connectivity index (χ3v) is 5.00. The fraction of sp³-hybridized carbons (Fsp3) is 0.667. The maximum absolute atomic E-state index is 12.1. The van der Waals surface area contributed by atoms with Gasteiger partial charge in [-0.2, -0.15) is 11.3 Å². The van der Waals surface area contributed by atoms with Gasteiger partial charge in [-0.15, -0.1) is 0 Å². The van der Waals surface area contributed by atoms with Gasteiger partial charge in [0.05, 0.1) is 6.10 Å². The molecule has 0 aromatic carbocycles. The van der Waals surface area contributed by atoms with E-state index in [1.54, 1.807) is 11.3 Å². The molecule has 4 nitrogen and oxygen atoms in total. The molecule has 3 rings (SSSR count). The van der Waals surface area contributed by atoms with E-state index in [0.717, 1.165) is 45.4 Å². The zero-order valence-corrected chi connectivity index (χ0v) is 12.5. The number of carbonyl (C=O) groups excluding carboxylic acids is 1. The summed E-state index contributed by atoms with van der Waals surface area (Å²) in [6.45, 7) is 3.21. The summed E-state index contributed by atoms with van der Waals surface area (Å²) in [5.74, 6) is 0.628. The van der Waals surface area contributed by atoms with E-state index in [0.29, 0.717) is 12.5 Å². The van der Waals surface area contributed by atoms with Gasteiger partial charge in [-0.05, 0) is 54.0 Å². The van der Waals surface area contributed by atoms with E-state index in [1.165, 1.54) is 5.56 Å². The number of hydrogen-bond acceptors (Lipinski definition) is 3.